The van der Waals surface area contributed by atoms with E-state index in [0.29, 0.717) is 17.9 Å². The molecular weight excluding hydrogens is 416 g/mol. The molecule has 1 aliphatic heterocycles. The van der Waals surface area contributed by atoms with Crippen LogP contribution in [0.15, 0.2) is 83.8 Å². The summed E-state index contributed by atoms with van der Waals surface area (Å²) in [6.07, 6.45) is 3.09. The molecule has 0 saturated heterocycles. The van der Waals surface area contributed by atoms with Crippen LogP contribution in [0.3, 0.4) is 0 Å². The van der Waals surface area contributed by atoms with Crippen LogP contribution in [-0.4, -0.2) is 30.7 Å². The Bertz CT molecular complexity index is 1140. The van der Waals surface area contributed by atoms with Crippen molar-refractivity contribution in [3.8, 4) is 0 Å². The second-order valence-electron chi connectivity index (χ2n) is 8.54. The Morgan fingerprint density at radius 1 is 0.906 bits per heavy atom. The normalized spacial score (nSPS) is 15.8. The number of fused-ring (bicyclic) bond motifs is 1. The highest BCUT2D eigenvalue weighted by molar-refractivity contribution is 8.00. The SMILES string of the molecule is O=C(NCC1(c2ccccc2)CC1)c1ccccc1SCC(=O)N1CCc2ccccc21. The van der Waals surface area contributed by atoms with Crippen molar-refractivity contribution in [3.05, 3.63) is 95.6 Å². The fourth-order valence-corrected chi connectivity index (χ4v) is 5.38. The van der Waals surface area contributed by atoms with Crippen LogP contribution in [0.25, 0.3) is 0 Å². The molecule has 1 saturated carbocycles. The molecule has 32 heavy (non-hydrogen) atoms. The molecule has 0 spiro atoms. The molecule has 1 N–H and O–H groups in total. The van der Waals surface area contributed by atoms with Crippen molar-refractivity contribution in [1.29, 1.82) is 0 Å². The molecule has 3 aromatic carbocycles. The van der Waals surface area contributed by atoms with Gasteiger partial charge in [-0.2, -0.15) is 0 Å². The van der Waals surface area contributed by atoms with Gasteiger partial charge in [-0.25, -0.2) is 0 Å². The van der Waals surface area contributed by atoms with Crippen LogP contribution in [-0.2, 0) is 16.6 Å². The summed E-state index contributed by atoms with van der Waals surface area (Å²) in [6.45, 7) is 1.36. The number of nitrogens with zero attached hydrogens (tertiary/aromatic N) is 1. The molecule has 162 valence electrons. The summed E-state index contributed by atoms with van der Waals surface area (Å²) < 4.78 is 0. The van der Waals surface area contributed by atoms with E-state index in [1.54, 1.807) is 0 Å². The summed E-state index contributed by atoms with van der Waals surface area (Å²) in [5, 5.41) is 3.15. The Morgan fingerprint density at radius 3 is 2.44 bits per heavy atom. The number of hydrogen-bond acceptors (Lipinski definition) is 3. The zero-order valence-corrected chi connectivity index (χ0v) is 18.7. The van der Waals surface area contributed by atoms with E-state index in [0.717, 1.165) is 36.4 Å². The van der Waals surface area contributed by atoms with Crippen molar-refractivity contribution in [3.63, 3.8) is 0 Å². The molecule has 0 bridgehead atoms. The number of amides is 2. The van der Waals surface area contributed by atoms with E-state index in [1.165, 1.54) is 22.9 Å². The Hall–Kier alpha value is -3.05. The molecule has 2 amide bonds. The van der Waals surface area contributed by atoms with Crippen molar-refractivity contribution < 1.29 is 9.59 Å². The third-order valence-electron chi connectivity index (χ3n) is 6.50. The van der Waals surface area contributed by atoms with Gasteiger partial charge in [0, 0.05) is 29.1 Å². The van der Waals surface area contributed by atoms with E-state index in [-0.39, 0.29) is 17.2 Å². The van der Waals surface area contributed by atoms with Crippen molar-refractivity contribution in [2.45, 2.75) is 29.6 Å². The summed E-state index contributed by atoms with van der Waals surface area (Å²) in [5.41, 5.74) is 4.23. The quantitative estimate of drug-likeness (QED) is 0.533. The first-order chi connectivity index (χ1) is 15.7. The topological polar surface area (TPSA) is 49.4 Å². The number of carbonyl (C=O) groups excluding carboxylic acids is 2. The minimum Gasteiger partial charge on any atom is -0.351 e. The predicted molar refractivity (Wildman–Crippen MR) is 129 cm³/mol. The highest BCUT2D eigenvalue weighted by Gasteiger charge is 2.44. The van der Waals surface area contributed by atoms with Crippen molar-refractivity contribution in [1.82, 2.24) is 5.32 Å². The van der Waals surface area contributed by atoms with Crippen LogP contribution < -0.4 is 10.2 Å². The number of thioether (sulfide) groups is 1. The Labute approximate surface area is 193 Å². The first-order valence-electron chi connectivity index (χ1n) is 11.1. The van der Waals surface area contributed by atoms with Crippen molar-refractivity contribution >= 4 is 29.3 Å². The summed E-state index contributed by atoms with van der Waals surface area (Å²) >= 11 is 1.44. The number of anilines is 1. The fourth-order valence-electron chi connectivity index (χ4n) is 4.45. The van der Waals surface area contributed by atoms with Gasteiger partial charge in [0.25, 0.3) is 5.91 Å². The van der Waals surface area contributed by atoms with Crippen molar-refractivity contribution in [2.24, 2.45) is 0 Å². The lowest BCUT2D eigenvalue weighted by Gasteiger charge is -2.18. The van der Waals surface area contributed by atoms with E-state index in [9.17, 15) is 9.59 Å². The van der Waals surface area contributed by atoms with E-state index in [4.69, 9.17) is 0 Å². The summed E-state index contributed by atoms with van der Waals surface area (Å²) in [4.78, 5) is 28.6. The lowest BCUT2D eigenvalue weighted by Crippen LogP contribution is -2.32. The molecule has 0 aromatic heterocycles. The molecule has 1 heterocycles. The highest BCUT2D eigenvalue weighted by Crippen LogP contribution is 2.47. The molecule has 0 radical (unpaired) electrons. The number of benzene rings is 3. The third kappa shape index (κ3) is 4.17. The van der Waals surface area contributed by atoms with E-state index in [1.807, 2.05) is 53.4 Å². The summed E-state index contributed by atoms with van der Waals surface area (Å²) in [6, 6.07) is 26.1. The maximum Gasteiger partial charge on any atom is 0.252 e. The van der Waals surface area contributed by atoms with Crippen LogP contribution in [0.1, 0.15) is 34.3 Å². The lowest BCUT2D eigenvalue weighted by atomic mass is 9.96. The second-order valence-corrected chi connectivity index (χ2v) is 9.56. The van der Waals surface area contributed by atoms with Gasteiger partial charge in [-0.15, -0.1) is 11.8 Å². The number of hydrogen-bond donors (Lipinski definition) is 1. The van der Waals surface area contributed by atoms with Gasteiger partial charge in [0.1, 0.15) is 0 Å². The minimum absolute atomic E-state index is 0.0676. The number of para-hydroxylation sites is 1. The van der Waals surface area contributed by atoms with Crippen LogP contribution >= 0.6 is 11.8 Å². The van der Waals surface area contributed by atoms with E-state index < -0.39 is 0 Å². The number of rotatable bonds is 7. The Morgan fingerprint density at radius 2 is 1.62 bits per heavy atom. The zero-order chi connectivity index (χ0) is 22.0. The Kier molecular flexibility index (Phi) is 5.75. The molecule has 4 nitrogen and oxygen atoms in total. The maximum absolute atomic E-state index is 13.0. The molecule has 3 aromatic rings. The fraction of sp³-hybridized carbons (Fsp3) is 0.259. The average Bonchev–Trinajstić information content (AvgIpc) is 3.52. The third-order valence-corrected chi connectivity index (χ3v) is 7.56. The number of nitrogens with one attached hydrogen (secondary N) is 1. The van der Waals surface area contributed by atoms with Gasteiger partial charge >= 0.3 is 0 Å². The summed E-state index contributed by atoms with van der Waals surface area (Å²) in [5.74, 6) is 0.317. The first-order valence-corrected chi connectivity index (χ1v) is 12.1. The molecule has 0 unspecified atom stereocenters. The van der Waals surface area contributed by atoms with Crippen LogP contribution in [0.4, 0.5) is 5.69 Å². The molecule has 5 rings (SSSR count). The second kappa shape index (κ2) is 8.83. The molecule has 2 aliphatic rings. The van der Waals surface area contributed by atoms with Gasteiger partial charge in [0.2, 0.25) is 5.91 Å². The van der Waals surface area contributed by atoms with Crippen molar-refractivity contribution in [2.75, 3.05) is 23.7 Å². The van der Waals surface area contributed by atoms with E-state index in [2.05, 4.69) is 35.6 Å². The molecule has 1 aliphatic carbocycles. The van der Waals surface area contributed by atoms with Gasteiger partial charge < -0.3 is 10.2 Å². The molecule has 5 heteroatoms. The van der Waals surface area contributed by atoms with E-state index >= 15 is 0 Å². The Balaban J connectivity index is 1.22. The lowest BCUT2D eigenvalue weighted by molar-refractivity contribution is -0.116. The van der Waals surface area contributed by atoms with Gasteiger partial charge in [-0.3, -0.25) is 9.59 Å². The minimum atomic E-state index is -0.0747. The van der Waals surface area contributed by atoms with Crippen LogP contribution in [0.5, 0.6) is 0 Å². The average molecular weight is 443 g/mol. The molecule has 0 atom stereocenters. The van der Waals surface area contributed by atoms with Gasteiger partial charge in [0.05, 0.1) is 11.3 Å². The summed E-state index contributed by atoms with van der Waals surface area (Å²) in [7, 11) is 0. The number of carbonyl (C=O) groups is 2. The van der Waals surface area contributed by atoms with Gasteiger partial charge in [-0.1, -0.05) is 60.7 Å². The highest BCUT2D eigenvalue weighted by atomic mass is 32.2. The molecule has 1 fully saturated rings. The van der Waals surface area contributed by atoms with Gasteiger partial charge in [0.15, 0.2) is 0 Å². The zero-order valence-electron chi connectivity index (χ0n) is 17.9. The largest absolute Gasteiger partial charge is 0.351 e. The molecular formula is C27H26N2O2S. The van der Waals surface area contributed by atoms with Crippen LogP contribution in [0.2, 0.25) is 0 Å². The first kappa shape index (κ1) is 20.8. The standard InChI is InChI=1S/C27H26N2O2S/c30-25(29-17-14-20-8-4-6-12-23(20)29)18-32-24-13-7-5-11-22(24)26(31)28-19-27(15-16-27)21-9-2-1-3-10-21/h1-13H,14-19H2,(H,28,31). The predicted octanol–water partition coefficient (Wildman–Crippen LogP) is 4.83. The monoisotopic (exact) mass is 442 g/mol. The maximum atomic E-state index is 13.0. The smallest absolute Gasteiger partial charge is 0.252 e. The van der Waals surface area contributed by atoms with Crippen LogP contribution in [0, 0.1) is 0 Å². The van der Waals surface area contributed by atoms with Gasteiger partial charge in [-0.05, 0) is 48.6 Å².